The highest BCUT2D eigenvalue weighted by Gasteiger charge is 2.30. The van der Waals surface area contributed by atoms with Crippen molar-refractivity contribution >= 4 is 53.4 Å². The lowest BCUT2D eigenvalue weighted by atomic mass is 10.0. The quantitative estimate of drug-likeness (QED) is 0.529. The largest absolute Gasteiger partial charge is 0.328 e. The first-order valence-corrected chi connectivity index (χ1v) is 9.23. The van der Waals surface area contributed by atoms with Crippen molar-refractivity contribution in [1.82, 2.24) is 25.2 Å². The smallest absolute Gasteiger partial charge is 0.327 e. The first-order valence-electron chi connectivity index (χ1n) is 8.85. The van der Waals surface area contributed by atoms with Gasteiger partial charge >= 0.3 is 5.69 Å². The molecule has 1 fully saturated rings. The number of pyridine rings is 1. The number of halogens is 3. The summed E-state index contributed by atoms with van der Waals surface area (Å²) in [6, 6.07) is 8.79. The van der Waals surface area contributed by atoms with E-state index in [9.17, 15) is 14.4 Å². The average Bonchev–Trinajstić information content (AvgIpc) is 2.66. The summed E-state index contributed by atoms with van der Waals surface area (Å²) in [6.07, 6.45) is 0. The van der Waals surface area contributed by atoms with Crippen LogP contribution in [0.5, 0.6) is 0 Å². The van der Waals surface area contributed by atoms with E-state index in [0.717, 1.165) is 5.56 Å². The Kier molecular flexibility index (Phi) is 7.65. The minimum Gasteiger partial charge on any atom is -0.328 e. The molecule has 0 aliphatic carbocycles. The van der Waals surface area contributed by atoms with Crippen molar-refractivity contribution in [2.24, 2.45) is 0 Å². The fraction of sp³-hybridized carbons (Fsp3) is 0.263. The molecule has 4 rings (SSSR count). The van der Waals surface area contributed by atoms with Gasteiger partial charge in [0, 0.05) is 24.7 Å². The van der Waals surface area contributed by atoms with Crippen LogP contribution < -0.4 is 16.6 Å². The number of hydrogen-bond donors (Lipinski definition) is 3. The highest BCUT2D eigenvalue weighted by Crippen LogP contribution is 2.26. The molecule has 1 aromatic carbocycles. The second-order valence-corrected chi connectivity index (χ2v) is 7.17. The van der Waals surface area contributed by atoms with Gasteiger partial charge in [-0.2, -0.15) is 0 Å². The van der Waals surface area contributed by atoms with Crippen molar-refractivity contribution in [3.63, 3.8) is 0 Å². The van der Waals surface area contributed by atoms with Crippen molar-refractivity contribution in [1.29, 1.82) is 0 Å². The van der Waals surface area contributed by atoms with E-state index >= 15 is 0 Å². The number of aromatic amines is 2. The predicted octanol–water partition coefficient (Wildman–Crippen LogP) is 2.20. The summed E-state index contributed by atoms with van der Waals surface area (Å²) in [5.41, 5.74) is 0.595. The Balaban J connectivity index is 0.00000160. The number of fused-ring (bicyclic) bond motifs is 1. The molecule has 0 bridgehead atoms. The SMILES string of the molecule is Cc1cc(C(=O)N2CCNCC2c2cccc(Cl)c2)nc2[nH]c(=O)[nH]c(=O)c12.Cl.Cl. The van der Waals surface area contributed by atoms with Gasteiger partial charge in [0.25, 0.3) is 11.5 Å². The highest BCUT2D eigenvalue weighted by molar-refractivity contribution is 6.30. The number of nitrogens with zero attached hydrogens (tertiary/aromatic N) is 2. The fourth-order valence-electron chi connectivity index (χ4n) is 3.57. The van der Waals surface area contributed by atoms with Gasteiger partial charge in [-0.05, 0) is 36.2 Å². The number of carbonyl (C=O) groups is 1. The number of amides is 1. The molecule has 2 aromatic heterocycles. The number of H-pyrrole nitrogens is 2. The molecule has 3 aromatic rings. The molecule has 1 atom stereocenters. The molecule has 0 spiro atoms. The molecule has 1 aliphatic rings. The van der Waals surface area contributed by atoms with Crippen LogP contribution in [0.2, 0.25) is 5.02 Å². The van der Waals surface area contributed by atoms with Crippen LogP contribution in [0, 0.1) is 6.92 Å². The predicted molar refractivity (Wildman–Crippen MR) is 120 cm³/mol. The maximum absolute atomic E-state index is 13.3. The first kappa shape index (κ1) is 23.9. The standard InChI is InChI=1S/C19H18ClN5O3.2ClH/c1-10-7-13(22-16-15(10)17(26)24-19(28)23-16)18(27)25-6-5-21-9-14(25)11-3-2-4-12(20)8-11;;/h2-4,7-8,14,21H,5-6,9H2,1H3,(H2,22,23,24,26,28);2*1H. The minimum atomic E-state index is -0.659. The number of rotatable bonds is 2. The molecular weight excluding hydrogens is 453 g/mol. The molecule has 1 amide bonds. The van der Waals surface area contributed by atoms with Gasteiger partial charge in [0.1, 0.15) is 11.3 Å². The van der Waals surface area contributed by atoms with Gasteiger partial charge in [-0.25, -0.2) is 9.78 Å². The Morgan fingerprint density at radius 1 is 1.20 bits per heavy atom. The Morgan fingerprint density at radius 3 is 2.70 bits per heavy atom. The molecule has 8 nitrogen and oxygen atoms in total. The van der Waals surface area contributed by atoms with Crippen LogP contribution in [0.15, 0.2) is 39.9 Å². The summed E-state index contributed by atoms with van der Waals surface area (Å²) in [5, 5.41) is 4.16. The van der Waals surface area contributed by atoms with Crippen molar-refractivity contribution in [2.45, 2.75) is 13.0 Å². The van der Waals surface area contributed by atoms with Crippen molar-refractivity contribution in [3.8, 4) is 0 Å². The maximum Gasteiger partial charge on any atom is 0.327 e. The van der Waals surface area contributed by atoms with E-state index in [1.165, 1.54) is 0 Å². The van der Waals surface area contributed by atoms with E-state index in [1.807, 2.05) is 18.2 Å². The van der Waals surface area contributed by atoms with Crippen LogP contribution in [0.1, 0.15) is 27.7 Å². The normalized spacial score (nSPS) is 15.9. The number of aromatic nitrogens is 3. The van der Waals surface area contributed by atoms with E-state index in [1.54, 1.807) is 24.0 Å². The summed E-state index contributed by atoms with van der Waals surface area (Å²) < 4.78 is 0. The third kappa shape index (κ3) is 4.52. The van der Waals surface area contributed by atoms with Crippen molar-refractivity contribution in [2.75, 3.05) is 19.6 Å². The Labute approximate surface area is 188 Å². The summed E-state index contributed by atoms with van der Waals surface area (Å²) >= 11 is 6.12. The van der Waals surface area contributed by atoms with Crippen LogP contribution in [-0.2, 0) is 0 Å². The molecule has 1 aliphatic heterocycles. The van der Waals surface area contributed by atoms with Gasteiger partial charge in [0.2, 0.25) is 0 Å². The molecule has 3 N–H and O–H groups in total. The monoisotopic (exact) mass is 471 g/mol. The Hall–Kier alpha value is -2.39. The molecule has 0 saturated carbocycles. The molecule has 1 saturated heterocycles. The van der Waals surface area contributed by atoms with Crippen LogP contribution in [-0.4, -0.2) is 45.4 Å². The van der Waals surface area contributed by atoms with Crippen LogP contribution in [0.3, 0.4) is 0 Å². The van der Waals surface area contributed by atoms with Crippen LogP contribution in [0.25, 0.3) is 11.0 Å². The van der Waals surface area contributed by atoms with E-state index in [2.05, 4.69) is 20.3 Å². The number of carbonyl (C=O) groups excluding carboxylic acids is 1. The minimum absolute atomic E-state index is 0. The second-order valence-electron chi connectivity index (χ2n) is 6.73. The zero-order valence-corrected chi connectivity index (χ0v) is 18.3. The summed E-state index contributed by atoms with van der Waals surface area (Å²) in [4.78, 5) is 47.6. The van der Waals surface area contributed by atoms with E-state index in [0.29, 0.717) is 30.2 Å². The topological polar surface area (TPSA) is 111 Å². The Bertz CT molecular complexity index is 1190. The molecule has 3 heterocycles. The molecule has 11 heteroatoms. The molecule has 30 heavy (non-hydrogen) atoms. The number of nitrogens with one attached hydrogen (secondary N) is 3. The fourth-order valence-corrected chi connectivity index (χ4v) is 3.77. The third-order valence-electron chi connectivity index (χ3n) is 4.86. The summed E-state index contributed by atoms with van der Waals surface area (Å²) in [6.45, 7) is 3.46. The third-order valence-corrected chi connectivity index (χ3v) is 5.09. The number of hydrogen-bond acceptors (Lipinski definition) is 5. The van der Waals surface area contributed by atoms with Gasteiger partial charge in [-0.3, -0.25) is 19.6 Å². The molecule has 0 radical (unpaired) electrons. The lowest BCUT2D eigenvalue weighted by Crippen LogP contribution is -2.49. The number of piperazine rings is 1. The van der Waals surface area contributed by atoms with Crippen molar-refractivity contribution < 1.29 is 4.79 Å². The summed E-state index contributed by atoms with van der Waals surface area (Å²) in [5.74, 6) is -0.266. The summed E-state index contributed by atoms with van der Waals surface area (Å²) in [7, 11) is 0. The maximum atomic E-state index is 13.3. The average molecular weight is 473 g/mol. The Morgan fingerprint density at radius 2 is 1.97 bits per heavy atom. The lowest BCUT2D eigenvalue weighted by Gasteiger charge is -2.36. The van der Waals surface area contributed by atoms with Crippen LogP contribution in [0.4, 0.5) is 0 Å². The zero-order valence-electron chi connectivity index (χ0n) is 15.9. The number of aryl methyl sites for hydroxylation is 1. The molecule has 1 unspecified atom stereocenters. The number of benzene rings is 1. The van der Waals surface area contributed by atoms with E-state index in [4.69, 9.17) is 11.6 Å². The molecular formula is C19H20Cl3N5O3. The van der Waals surface area contributed by atoms with Gasteiger partial charge in [-0.1, -0.05) is 23.7 Å². The van der Waals surface area contributed by atoms with Gasteiger partial charge in [0.05, 0.1) is 11.4 Å². The zero-order chi connectivity index (χ0) is 19.8. The van der Waals surface area contributed by atoms with Crippen molar-refractivity contribution in [3.05, 3.63) is 73.0 Å². The van der Waals surface area contributed by atoms with E-state index < -0.39 is 11.2 Å². The first-order chi connectivity index (χ1) is 13.4. The highest BCUT2D eigenvalue weighted by atomic mass is 35.5. The van der Waals surface area contributed by atoms with Gasteiger partial charge in [0.15, 0.2) is 0 Å². The lowest BCUT2D eigenvalue weighted by molar-refractivity contribution is 0.0628. The van der Waals surface area contributed by atoms with Crippen LogP contribution >= 0.6 is 36.4 Å². The van der Waals surface area contributed by atoms with Gasteiger partial charge in [-0.15, -0.1) is 24.8 Å². The van der Waals surface area contributed by atoms with E-state index in [-0.39, 0.29) is 53.5 Å². The second kappa shape index (κ2) is 9.61. The molecule has 160 valence electrons. The van der Waals surface area contributed by atoms with Gasteiger partial charge < -0.3 is 10.2 Å².